The maximum atomic E-state index is 10.7. The Morgan fingerprint density at radius 1 is 1.33 bits per heavy atom. The third-order valence-electron chi connectivity index (χ3n) is 1.57. The highest BCUT2D eigenvalue weighted by Crippen LogP contribution is 2.07. The molecule has 0 bridgehead atoms. The van der Waals surface area contributed by atoms with E-state index in [1.165, 1.54) is 32.1 Å². The first-order valence-corrected chi connectivity index (χ1v) is 5.61. The molecule has 0 atom stereocenters. The zero-order valence-corrected chi connectivity index (χ0v) is 8.78. The number of hydrogen-bond acceptors (Lipinski definition) is 3. The highest BCUT2D eigenvalue weighted by molar-refractivity contribution is 7.99. The highest BCUT2D eigenvalue weighted by atomic mass is 32.2. The van der Waals surface area contributed by atoms with Gasteiger partial charge in [-0.25, -0.2) is 0 Å². The first-order valence-electron chi connectivity index (χ1n) is 4.45. The van der Waals surface area contributed by atoms with Crippen molar-refractivity contribution in [2.24, 2.45) is 0 Å². The molecule has 2 nitrogen and oxygen atoms in total. The Hall–Kier alpha value is -0.180. The third-order valence-corrected chi connectivity index (χ3v) is 2.64. The van der Waals surface area contributed by atoms with Crippen LogP contribution in [0.2, 0.25) is 0 Å². The van der Waals surface area contributed by atoms with E-state index in [0.717, 1.165) is 5.75 Å². The van der Waals surface area contributed by atoms with Gasteiger partial charge in [-0.3, -0.25) is 4.79 Å². The monoisotopic (exact) mass is 190 g/mol. The fourth-order valence-corrected chi connectivity index (χ4v) is 1.74. The molecule has 0 aliphatic carbocycles. The summed E-state index contributed by atoms with van der Waals surface area (Å²) < 4.78 is 4.53. The lowest BCUT2D eigenvalue weighted by Gasteiger charge is -1.99. The lowest BCUT2D eigenvalue weighted by Crippen LogP contribution is -2.01. The van der Waals surface area contributed by atoms with Crippen molar-refractivity contribution < 1.29 is 9.53 Å². The van der Waals surface area contributed by atoms with Crippen molar-refractivity contribution in [3.05, 3.63) is 0 Å². The van der Waals surface area contributed by atoms with E-state index in [-0.39, 0.29) is 5.97 Å². The van der Waals surface area contributed by atoms with E-state index in [4.69, 9.17) is 0 Å². The first kappa shape index (κ1) is 11.8. The summed E-state index contributed by atoms with van der Waals surface area (Å²) >= 11 is 1.84. The average Bonchev–Trinajstić information content (AvgIpc) is 2.10. The Balaban J connectivity index is 2.95. The molecule has 0 aromatic rings. The molecular formula is C9H18O2S. The van der Waals surface area contributed by atoms with Gasteiger partial charge in [0.05, 0.1) is 13.5 Å². The number of esters is 1. The second-order valence-corrected chi connectivity index (χ2v) is 3.87. The van der Waals surface area contributed by atoms with Crippen molar-refractivity contribution in [3.8, 4) is 0 Å². The summed E-state index contributed by atoms with van der Waals surface area (Å²) in [7, 11) is 1.43. The van der Waals surface area contributed by atoms with Crippen molar-refractivity contribution in [1.82, 2.24) is 0 Å². The van der Waals surface area contributed by atoms with Crippen molar-refractivity contribution >= 4 is 17.7 Å². The van der Waals surface area contributed by atoms with Crippen molar-refractivity contribution in [3.63, 3.8) is 0 Å². The van der Waals surface area contributed by atoms with Gasteiger partial charge in [-0.15, -0.1) is 0 Å². The lowest BCUT2D eigenvalue weighted by atomic mass is 10.3. The van der Waals surface area contributed by atoms with Crippen molar-refractivity contribution in [2.75, 3.05) is 18.6 Å². The third kappa shape index (κ3) is 7.92. The van der Waals surface area contributed by atoms with Gasteiger partial charge in [0.2, 0.25) is 0 Å². The molecular weight excluding hydrogens is 172 g/mol. The molecule has 12 heavy (non-hydrogen) atoms. The molecule has 0 heterocycles. The zero-order chi connectivity index (χ0) is 9.23. The molecule has 3 heteroatoms. The van der Waals surface area contributed by atoms with E-state index in [2.05, 4.69) is 11.7 Å². The molecule has 0 saturated carbocycles. The number of ether oxygens (including phenoxy) is 1. The molecule has 0 saturated heterocycles. The van der Waals surface area contributed by atoms with Gasteiger partial charge in [-0.1, -0.05) is 19.8 Å². The van der Waals surface area contributed by atoms with Crippen molar-refractivity contribution in [1.29, 1.82) is 0 Å². The average molecular weight is 190 g/mol. The van der Waals surface area contributed by atoms with Gasteiger partial charge >= 0.3 is 5.97 Å². The predicted octanol–water partition coefficient (Wildman–Crippen LogP) is 2.47. The molecule has 0 unspecified atom stereocenters. The summed E-state index contributed by atoms with van der Waals surface area (Å²) in [6.07, 6.45) is 4.37. The van der Waals surface area contributed by atoms with E-state index < -0.39 is 0 Å². The Kier molecular flexibility index (Phi) is 8.78. The Morgan fingerprint density at radius 2 is 2.08 bits per heavy atom. The smallest absolute Gasteiger partial charge is 0.306 e. The van der Waals surface area contributed by atoms with Gasteiger partial charge in [0.25, 0.3) is 0 Å². The van der Waals surface area contributed by atoms with E-state index in [9.17, 15) is 4.79 Å². The summed E-state index contributed by atoms with van der Waals surface area (Å²) in [5.74, 6) is 1.97. The van der Waals surface area contributed by atoms with Crippen LogP contribution in [0.4, 0.5) is 0 Å². The largest absolute Gasteiger partial charge is 0.469 e. The first-order chi connectivity index (χ1) is 5.81. The summed E-state index contributed by atoms with van der Waals surface area (Å²) in [4.78, 5) is 10.7. The molecule has 0 aromatic carbocycles. The molecule has 0 aromatic heterocycles. The summed E-state index contributed by atoms with van der Waals surface area (Å²) in [6.45, 7) is 2.19. The van der Waals surface area contributed by atoms with Crippen LogP contribution in [0.15, 0.2) is 0 Å². The van der Waals surface area contributed by atoms with Crippen molar-refractivity contribution in [2.45, 2.75) is 32.6 Å². The summed E-state index contributed by atoms with van der Waals surface area (Å²) in [5, 5.41) is 0. The van der Waals surface area contributed by atoms with Crippen LogP contribution in [-0.4, -0.2) is 24.6 Å². The molecule has 0 N–H and O–H groups in total. The minimum Gasteiger partial charge on any atom is -0.469 e. The molecule has 0 fully saturated rings. The van der Waals surface area contributed by atoms with Crippen LogP contribution in [0.3, 0.4) is 0 Å². The molecule has 72 valence electrons. The second-order valence-electron chi connectivity index (χ2n) is 2.65. The van der Waals surface area contributed by atoms with Crippen LogP contribution >= 0.6 is 11.8 Å². The van der Waals surface area contributed by atoms with Crippen LogP contribution in [0.1, 0.15) is 32.6 Å². The van der Waals surface area contributed by atoms with Crippen LogP contribution in [0.5, 0.6) is 0 Å². The molecule has 0 aliphatic rings. The topological polar surface area (TPSA) is 26.3 Å². The van der Waals surface area contributed by atoms with Gasteiger partial charge < -0.3 is 4.74 Å². The standard InChI is InChI=1S/C9H18O2S/c1-3-4-5-7-12-8-6-9(10)11-2/h3-8H2,1-2H3. The second kappa shape index (κ2) is 8.91. The molecule has 0 rings (SSSR count). The number of carbonyl (C=O) groups excluding carboxylic acids is 1. The zero-order valence-electron chi connectivity index (χ0n) is 7.97. The maximum absolute atomic E-state index is 10.7. The van der Waals surface area contributed by atoms with E-state index in [1.54, 1.807) is 0 Å². The Morgan fingerprint density at radius 3 is 2.67 bits per heavy atom. The van der Waals surface area contributed by atoms with E-state index >= 15 is 0 Å². The Labute approximate surface area is 79.1 Å². The lowest BCUT2D eigenvalue weighted by molar-refractivity contribution is -0.140. The van der Waals surface area contributed by atoms with E-state index in [1.807, 2.05) is 11.8 Å². The van der Waals surface area contributed by atoms with Crippen LogP contribution in [0.25, 0.3) is 0 Å². The van der Waals surface area contributed by atoms with Crippen LogP contribution < -0.4 is 0 Å². The van der Waals surface area contributed by atoms with Gasteiger partial charge in [0, 0.05) is 5.75 Å². The normalized spacial score (nSPS) is 9.83. The number of methoxy groups -OCH3 is 1. The fraction of sp³-hybridized carbons (Fsp3) is 0.889. The molecule has 0 amide bonds. The quantitative estimate of drug-likeness (QED) is 0.455. The van der Waals surface area contributed by atoms with Gasteiger partial charge in [0.15, 0.2) is 0 Å². The number of carbonyl (C=O) groups is 1. The van der Waals surface area contributed by atoms with Gasteiger partial charge in [0.1, 0.15) is 0 Å². The number of hydrogen-bond donors (Lipinski definition) is 0. The minimum atomic E-state index is -0.0991. The molecule has 0 radical (unpaired) electrons. The van der Waals surface area contributed by atoms with Gasteiger partial charge in [-0.2, -0.15) is 11.8 Å². The molecule has 0 spiro atoms. The van der Waals surface area contributed by atoms with Gasteiger partial charge in [-0.05, 0) is 12.2 Å². The number of rotatable bonds is 7. The van der Waals surface area contributed by atoms with Crippen LogP contribution in [-0.2, 0) is 9.53 Å². The SMILES string of the molecule is CCCCCSCCC(=O)OC. The summed E-state index contributed by atoms with van der Waals surface area (Å²) in [5.41, 5.74) is 0. The minimum absolute atomic E-state index is 0.0991. The van der Waals surface area contributed by atoms with E-state index in [0.29, 0.717) is 6.42 Å². The predicted molar refractivity (Wildman–Crippen MR) is 53.5 cm³/mol. The maximum Gasteiger partial charge on any atom is 0.306 e. The fourth-order valence-electron chi connectivity index (χ4n) is 0.814. The highest BCUT2D eigenvalue weighted by Gasteiger charge is 1.98. The summed E-state index contributed by atoms with van der Waals surface area (Å²) in [6, 6.07) is 0. The number of thioether (sulfide) groups is 1. The Bertz CT molecular complexity index is 115. The molecule has 0 aliphatic heterocycles. The van der Waals surface area contributed by atoms with Crippen LogP contribution in [0, 0.1) is 0 Å². The number of unbranched alkanes of at least 4 members (excludes halogenated alkanes) is 2.